The Morgan fingerprint density at radius 1 is 1.20 bits per heavy atom. The first kappa shape index (κ1) is 19.2. The molecule has 0 radical (unpaired) electrons. The number of aromatic nitrogens is 1. The molecule has 0 atom stereocenters. The predicted octanol–water partition coefficient (Wildman–Crippen LogP) is 1.06. The normalized spacial score (nSPS) is 11.2. The largest absolute Gasteiger partial charge is 0.345 e. The van der Waals surface area contributed by atoms with E-state index in [1.165, 1.54) is 23.9 Å². The van der Waals surface area contributed by atoms with Crippen LogP contribution in [0.5, 0.6) is 0 Å². The van der Waals surface area contributed by atoms with Crippen molar-refractivity contribution < 1.29 is 18.0 Å². The molecule has 0 spiro atoms. The van der Waals surface area contributed by atoms with Gasteiger partial charge in [-0.2, -0.15) is 0 Å². The highest BCUT2D eigenvalue weighted by molar-refractivity contribution is 9.10. The van der Waals surface area contributed by atoms with E-state index in [0.717, 1.165) is 4.47 Å². The molecule has 0 aliphatic heterocycles. The van der Waals surface area contributed by atoms with E-state index in [4.69, 9.17) is 0 Å². The number of carbonyl (C=O) groups excluding carboxylic acids is 2. The minimum atomic E-state index is -3.64. The van der Waals surface area contributed by atoms with Gasteiger partial charge in [0.15, 0.2) is 0 Å². The predicted molar refractivity (Wildman–Crippen MR) is 96.8 cm³/mol. The van der Waals surface area contributed by atoms with E-state index in [1.807, 2.05) is 0 Å². The van der Waals surface area contributed by atoms with Crippen molar-refractivity contribution in [1.82, 2.24) is 14.6 Å². The molecule has 8 nitrogen and oxygen atoms in total. The molecule has 0 bridgehead atoms. The van der Waals surface area contributed by atoms with Gasteiger partial charge in [-0.3, -0.25) is 9.59 Å². The Labute approximate surface area is 153 Å². The molecule has 1 aromatic carbocycles. The number of anilines is 1. The number of carbonyl (C=O) groups is 2. The second-order valence-electron chi connectivity index (χ2n) is 5.12. The number of halogens is 1. The Bertz CT molecular complexity index is 891. The van der Waals surface area contributed by atoms with Gasteiger partial charge in [-0.1, -0.05) is 15.9 Å². The zero-order chi connectivity index (χ0) is 18.6. The Morgan fingerprint density at radius 3 is 2.44 bits per heavy atom. The van der Waals surface area contributed by atoms with E-state index in [9.17, 15) is 18.0 Å². The number of aryl methyl sites for hydroxylation is 1. The fraction of sp³-hybridized carbons (Fsp3) is 0.200. The van der Waals surface area contributed by atoms with Gasteiger partial charge in [-0.05, 0) is 37.4 Å². The molecule has 3 N–H and O–H groups in total. The van der Waals surface area contributed by atoms with Crippen molar-refractivity contribution in [3.63, 3.8) is 0 Å². The van der Waals surface area contributed by atoms with Crippen LogP contribution >= 0.6 is 15.9 Å². The number of nitrogens with one attached hydrogen (secondary N) is 3. The second kappa shape index (κ2) is 7.81. The van der Waals surface area contributed by atoms with E-state index in [0.29, 0.717) is 5.69 Å². The van der Waals surface area contributed by atoms with E-state index in [2.05, 4.69) is 31.3 Å². The maximum Gasteiger partial charge on any atom is 0.268 e. The van der Waals surface area contributed by atoms with Crippen LogP contribution in [0.3, 0.4) is 0 Å². The van der Waals surface area contributed by atoms with Crippen LogP contribution in [0.2, 0.25) is 0 Å². The molecule has 0 aliphatic rings. The molecular formula is C15H17BrN4O4S. The number of hydrogen-bond donors (Lipinski definition) is 3. The van der Waals surface area contributed by atoms with E-state index < -0.39 is 21.8 Å². The first-order valence-electron chi connectivity index (χ1n) is 7.16. The summed E-state index contributed by atoms with van der Waals surface area (Å²) in [4.78, 5) is 24.0. The van der Waals surface area contributed by atoms with Crippen molar-refractivity contribution in [2.45, 2.75) is 4.90 Å². The summed E-state index contributed by atoms with van der Waals surface area (Å²) in [7, 11) is -0.809. The molecule has 0 unspecified atom stereocenters. The van der Waals surface area contributed by atoms with Crippen molar-refractivity contribution in [3.05, 3.63) is 46.7 Å². The molecule has 2 rings (SSSR count). The number of nitrogens with zero attached hydrogens (tertiary/aromatic N) is 1. The highest BCUT2D eigenvalue weighted by Crippen LogP contribution is 2.14. The Morgan fingerprint density at radius 2 is 1.84 bits per heavy atom. The van der Waals surface area contributed by atoms with Gasteiger partial charge in [0.1, 0.15) is 10.6 Å². The summed E-state index contributed by atoms with van der Waals surface area (Å²) in [6.07, 6.45) is 1.32. The topological polar surface area (TPSA) is 109 Å². The second-order valence-corrected chi connectivity index (χ2v) is 7.92. The monoisotopic (exact) mass is 428 g/mol. The number of rotatable bonds is 6. The number of hydrogen-bond acceptors (Lipinski definition) is 4. The fourth-order valence-electron chi connectivity index (χ4n) is 2.01. The average Bonchev–Trinajstić information content (AvgIpc) is 2.97. The van der Waals surface area contributed by atoms with Crippen molar-refractivity contribution in [2.75, 3.05) is 18.9 Å². The molecule has 0 saturated carbocycles. The molecule has 134 valence electrons. The van der Waals surface area contributed by atoms with Crippen LogP contribution in [0.1, 0.15) is 10.5 Å². The maximum atomic E-state index is 12.2. The van der Waals surface area contributed by atoms with Crippen LogP contribution in [-0.2, 0) is 21.9 Å². The highest BCUT2D eigenvalue weighted by Gasteiger charge is 2.19. The smallest absolute Gasteiger partial charge is 0.268 e. The summed E-state index contributed by atoms with van der Waals surface area (Å²) in [6, 6.07) is 8.24. The molecule has 25 heavy (non-hydrogen) atoms. The molecule has 0 fully saturated rings. The SMILES string of the molecule is CNS(=O)(=O)c1cc(C(=O)NCC(=O)Nc2ccc(Br)cc2)n(C)c1. The molecule has 0 aliphatic carbocycles. The summed E-state index contributed by atoms with van der Waals surface area (Å²) in [5.41, 5.74) is 0.731. The van der Waals surface area contributed by atoms with Crippen LogP contribution in [-0.4, -0.2) is 38.4 Å². The Hall–Kier alpha value is -2.17. The third-order valence-electron chi connectivity index (χ3n) is 3.33. The molecule has 0 saturated heterocycles. The van der Waals surface area contributed by atoms with Gasteiger partial charge in [0.25, 0.3) is 5.91 Å². The highest BCUT2D eigenvalue weighted by atomic mass is 79.9. The van der Waals surface area contributed by atoms with Crippen molar-refractivity contribution >= 4 is 43.5 Å². The molecule has 2 aromatic rings. The van der Waals surface area contributed by atoms with Crippen molar-refractivity contribution in [1.29, 1.82) is 0 Å². The summed E-state index contributed by atoms with van der Waals surface area (Å²) in [5.74, 6) is -0.945. The average molecular weight is 429 g/mol. The van der Waals surface area contributed by atoms with E-state index >= 15 is 0 Å². The fourth-order valence-corrected chi connectivity index (χ4v) is 3.08. The molecular weight excluding hydrogens is 412 g/mol. The quantitative estimate of drug-likeness (QED) is 0.638. The first-order valence-corrected chi connectivity index (χ1v) is 9.44. The van der Waals surface area contributed by atoms with Crippen molar-refractivity contribution in [3.8, 4) is 0 Å². The van der Waals surface area contributed by atoms with Crippen LogP contribution in [0.15, 0.2) is 45.9 Å². The van der Waals surface area contributed by atoms with Gasteiger partial charge in [-0.25, -0.2) is 13.1 Å². The zero-order valence-corrected chi connectivity index (χ0v) is 15.9. The van der Waals surface area contributed by atoms with Gasteiger partial charge in [0, 0.05) is 23.4 Å². The lowest BCUT2D eigenvalue weighted by Gasteiger charge is -2.07. The Kier molecular flexibility index (Phi) is 5.98. The van der Waals surface area contributed by atoms with E-state index in [1.54, 1.807) is 31.3 Å². The minimum absolute atomic E-state index is 0.0260. The molecule has 10 heteroatoms. The van der Waals surface area contributed by atoms with Crippen LogP contribution < -0.4 is 15.4 Å². The number of amides is 2. The van der Waals surface area contributed by atoms with E-state index in [-0.39, 0.29) is 17.1 Å². The van der Waals surface area contributed by atoms with Crippen molar-refractivity contribution in [2.24, 2.45) is 7.05 Å². The number of benzene rings is 1. The third kappa shape index (κ3) is 4.91. The Balaban J connectivity index is 1.98. The third-order valence-corrected chi connectivity index (χ3v) is 5.24. The van der Waals surface area contributed by atoms with Gasteiger partial charge in [0.2, 0.25) is 15.9 Å². The van der Waals surface area contributed by atoms with Gasteiger partial charge in [-0.15, -0.1) is 0 Å². The zero-order valence-electron chi connectivity index (χ0n) is 13.5. The van der Waals surface area contributed by atoms with Crippen LogP contribution in [0, 0.1) is 0 Å². The maximum absolute atomic E-state index is 12.2. The summed E-state index contributed by atoms with van der Waals surface area (Å²) >= 11 is 3.30. The number of sulfonamides is 1. The summed E-state index contributed by atoms with van der Waals surface area (Å²) in [6.45, 7) is -0.242. The lowest BCUT2D eigenvalue weighted by atomic mass is 10.3. The minimum Gasteiger partial charge on any atom is -0.345 e. The first-order chi connectivity index (χ1) is 11.7. The summed E-state index contributed by atoms with van der Waals surface area (Å²) < 4.78 is 28.0. The van der Waals surface area contributed by atoms with Crippen LogP contribution in [0.25, 0.3) is 0 Å². The lowest BCUT2D eigenvalue weighted by Crippen LogP contribution is -2.33. The van der Waals surface area contributed by atoms with Gasteiger partial charge < -0.3 is 15.2 Å². The standard InChI is InChI=1S/C15H17BrN4O4S/c1-17-25(23,24)12-7-13(20(2)9-12)15(22)18-8-14(21)19-11-5-3-10(16)4-6-11/h3-7,9,17H,8H2,1-2H3,(H,18,22)(H,19,21). The molecule has 1 heterocycles. The van der Waals surface area contributed by atoms with Gasteiger partial charge >= 0.3 is 0 Å². The molecule has 1 aromatic heterocycles. The summed E-state index contributed by atoms with van der Waals surface area (Å²) in [5, 5.41) is 5.10. The van der Waals surface area contributed by atoms with Crippen LogP contribution in [0.4, 0.5) is 5.69 Å². The van der Waals surface area contributed by atoms with Gasteiger partial charge in [0.05, 0.1) is 6.54 Å². The molecule has 2 amide bonds. The lowest BCUT2D eigenvalue weighted by molar-refractivity contribution is -0.115.